The highest BCUT2D eigenvalue weighted by Crippen LogP contribution is 2.38. The maximum atomic E-state index is 12.5. The van der Waals surface area contributed by atoms with Crippen molar-refractivity contribution in [3.05, 3.63) is 33.8 Å². The number of rotatable bonds is 5. The van der Waals surface area contributed by atoms with E-state index in [9.17, 15) is 4.79 Å². The Morgan fingerprint density at radius 1 is 1.21 bits per heavy atom. The summed E-state index contributed by atoms with van der Waals surface area (Å²) in [5.41, 5.74) is 0.547. The molecule has 3 unspecified atom stereocenters. The maximum Gasteiger partial charge on any atom is 0.251 e. The molecule has 0 spiro atoms. The van der Waals surface area contributed by atoms with E-state index in [0.29, 0.717) is 21.5 Å². The van der Waals surface area contributed by atoms with Crippen LogP contribution in [0.5, 0.6) is 0 Å². The Kier molecular flexibility index (Phi) is 5.74. The lowest BCUT2D eigenvalue weighted by Gasteiger charge is -2.22. The molecule has 2 fully saturated rings. The minimum atomic E-state index is -0.0642. The Balaban J connectivity index is 1.59. The predicted octanol–water partition coefficient (Wildman–Crippen LogP) is 4.48. The van der Waals surface area contributed by atoms with Crippen molar-refractivity contribution in [3.8, 4) is 0 Å². The lowest BCUT2D eigenvalue weighted by atomic mass is 9.97. The highest BCUT2D eigenvalue weighted by Gasteiger charge is 2.42. The first-order valence-corrected chi connectivity index (χ1v) is 9.67. The van der Waals surface area contributed by atoms with Gasteiger partial charge in [-0.3, -0.25) is 4.79 Å². The van der Waals surface area contributed by atoms with Gasteiger partial charge >= 0.3 is 0 Å². The van der Waals surface area contributed by atoms with Crippen LogP contribution in [0.15, 0.2) is 18.2 Å². The van der Waals surface area contributed by atoms with Gasteiger partial charge in [0.25, 0.3) is 5.91 Å². The van der Waals surface area contributed by atoms with E-state index in [1.165, 1.54) is 25.9 Å². The summed E-state index contributed by atoms with van der Waals surface area (Å²) >= 11 is 12.0. The van der Waals surface area contributed by atoms with Gasteiger partial charge in [0.2, 0.25) is 0 Å². The van der Waals surface area contributed by atoms with Gasteiger partial charge in [0, 0.05) is 34.7 Å². The van der Waals surface area contributed by atoms with E-state index in [1.54, 1.807) is 18.2 Å². The molecule has 24 heavy (non-hydrogen) atoms. The molecule has 1 saturated carbocycles. The van der Waals surface area contributed by atoms with Gasteiger partial charge in [-0.15, -0.1) is 0 Å². The number of benzene rings is 1. The summed E-state index contributed by atoms with van der Waals surface area (Å²) in [5, 5.41) is 4.22. The zero-order chi connectivity index (χ0) is 17.3. The van der Waals surface area contributed by atoms with E-state index in [1.807, 2.05) is 0 Å². The van der Waals surface area contributed by atoms with Gasteiger partial charge in [-0.2, -0.15) is 0 Å². The first kappa shape index (κ1) is 18.0. The molecule has 3 atom stereocenters. The number of carbonyl (C=O) groups is 1. The molecule has 1 N–H and O–H groups in total. The Labute approximate surface area is 154 Å². The van der Waals surface area contributed by atoms with Crippen LogP contribution in [0.25, 0.3) is 0 Å². The lowest BCUT2D eigenvalue weighted by Crippen LogP contribution is -2.39. The van der Waals surface area contributed by atoms with E-state index in [0.717, 1.165) is 24.8 Å². The molecule has 3 nitrogen and oxygen atoms in total. The van der Waals surface area contributed by atoms with Crippen molar-refractivity contribution < 1.29 is 4.79 Å². The predicted molar refractivity (Wildman–Crippen MR) is 99.8 cm³/mol. The van der Waals surface area contributed by atoms with Crippen LogP contribution in [0.2, 0.25) is 10.0 Å². The molecule has 1 aromatic carbocycles. The summed E-state index contributed by atoms with van der Waals surface area (Å²) in [6.45, 7) is 8.02. The number of nitrogens with zero attached hydrogens (tertiary/aromatic N) is 1. The molecule has 1 aliphatic carbocycles. The Hall–Kier alpha value is -0.770. The van der Waals surface area contributed by atoms with Crippen LogP contribution in [-0.2, 0) is 0 Å². The molecule has 1 aliphatic heterocycles. The molecule has 1 heterocycles. The highest BCUT2D eigenvalue weighted by atomic mass is 35.5. The third kappa shape index (κ3) is 4.25. The van der Waals surface area contributed by atoms with Crippen molar-refractivity contribution in [1.29, 1.82) is 0 Å². The number of hydrogen-bond acceptors (Lipinski definition) is 2. The van der Waals surface area contributed by atoms with Crippen LogP contribution in [0.3, 0.4) is 0 Å². The van der Waals surface area contributed by atoms with E-state index >= 15 is 0 Å². The summed E-state index contributed by atoms with van der Waals surface area (Å²) in [6.07, 6.45) is 3.54. The molecule has 3 rings (SSSR count). The maximum absolute atomic E-state index is 12.5. The SMILES string of the molecule is CC(C)CCN1CC2CCC(NC(=O)c3cc(Cl)cc(Cl)c3)C2C1. The van der Waals surface area contributed by atoms with E-state index in [4.69, 9.17) is 23.2 Å². The molecular weight excluding hydrogens is 343 g/mol. The number of hydrogen-bond donors (Lipinski definition) is 1. The molecule has 0 bridgehead atoms. The van der Waals surface area contributed by atoms with Gasteiger partial charge in [-0.05, 0) is 61.8 Å². The van der Waals surface area contributed by atoms with Crippen molar-refractivity contribution in [1.82, 2.24) is 10.2 Å². The highest BCUT2D eigenvalue weighted by molar-refractivity contribution is 6.35. The van der Waals surface area contributed by atoms with Gasteiger partial charge in [-0.1, -0.05) is 37.0 Å². The molecule has 2 aliphatic rings. The molecule has 1 amide bonds. The minimum absolute atomic E-state index is 0.0642. The zero-order valence-corrected chi connectivity index (χ0v) is 15.9. The van der Waals surface area contributed by atoms with Crippen molar-refractivity contribution in [2.45, 2.75) is 39.2 Å². The molecule has 0 aromatic heterocycles. The topological polar surface area (TPSA) is 32.3 Å². The van der Waals surface area contributed by atoms with Crippen molar-refractivity contribution in [2.75, 3.05) is 19.6 Å². The Morgan fingerprint density at radius 2 is 1.92 bits per heavy atom. The van der Waals surface area contributed by atoms with E-state index in [2.05, 4.69) is 24.1 Å². The Morgan fingerprint density at radius 3 is 2.58 bits per heavy atom. The molecule has 5 heteroatoms. The molecule has 132 valence electrons. The smallest absolute Gasteiger partial charge is 0.251 e. The van der Waals surface area contributed by atoms with Gasteiger partial charge in [0.1, 0.15) is 0 Å². The minimum Gasteiger partial charge on any atom is -0.349 e. The van der Waals surface area contributed by atoms with Crippen LogP contribution in [-0.4, -0.2) is 36.5 Å². The van der Waals surface area contributed by atoms with Gasteiger partial charge in [0.15, 0.2) is 0 Å². The first-order valence-electron chi connectivity index (χ1n) is 8.91. The second-order valence-corrected chi connectivity index (χ2v) is 8.55. The van der Waals surface area contributed by atoms with Crippen molar-refractivity contribution >= 4 is 29.1 Å². The quantitative estimate of drug-likeness (QED) is 0.830. The first-order chi connectivity index (χ1) is 11.4. The molecular formula is C19H26Cl2N2O. The fourth-order valence-corrected chi connectivity index (χ4v) is 4.62. The standard InChI is InChI=1S/C19H26Cl2N2O/c1-12(2)5-6-23-10-13-3-4-18(17(13)11-23)22-19(24)14-7-15(20)9-16(21)8-14/h7-9,12-13,17-18H,3-6,10-11H2,1-2H3,(H,22,24). The number of likely N-dealkylation sites (tertiary alicyclic amines) is 1. The third-order valence-corrected chi connectivity index (χ3v) is 5.83. The summed E-state index contributed by atoms with van der Waals surface area (Å²) in [7, 11) is 0. The molecule has 0 radical (unpaired) electrons. The van der Waals surface area contributed by atoms with Gasteiger partial charge in [-0.25, -0.2) is 0 Å². The summed E-state index contributed by atoms with van der Waals surface area (Å²) in [5.74, 6) is 1.99. The van der Waals surface area contributed by atoms with Crippen LogP contribution >= 0.6 is 23.2 Å². The second-order valence-electron chi connectivity index (χ2n) is 7.68. The van der Waals surface area contributed by atoms with Crippen molar-refractivity contribution in [2.24, 2.45) is 17.8 Å². The average Bonchev–Trinajstić information content (AvgIpc) is 3.05. The third-order valence-electron chi connectivity index (χ3n) is 5.40. The molecule has 1 aromatic rings. The second kappa shape index (κ2) is 7.63. The number of fused-ring (bicyclic) bond motifs is 1. The monoisotopic (exact) mass is 368 g/mol. The average molecular weight is 369 g/mol. The summed E-state index contributed by atoms with van der Waals surface area (Å²) in [4.78, 5) is 15.1. The van der Waals surface area contributed by atoms with Crippen LogP contribution in [0.1, 0.15) is 43.5 Å². The largest absolute Gasteiger partial charge is 0.349 e. The van der Waals surface area contributed by atoms with E-state index in [-0.39, 0.29) is 11.9 Å². The molecule has 1 saturated heterocycles. The number of halogens is 2. The number of nitrogens with one attached hydrogen (secondary N) is 1. The van der Waals surface area contributed by atoms with Crippen LogP contribution in [0.4, 0.5) is 0 Å². The van der Waals surface area contributed by atoms with Crippen molar-refractivity contribution in [3.63, 3.8) is 0 Å². The Bertz CT molecular complexity index is 585. The van der Waals surface area contributed by atoms with Crippen LogP contribution < -0.4 is 5.32 Å². The normalized spacial score (nSPS) is 26.8. The van der Waals surface area contributed by atoms with E-state index < -0.39 is 0 Å². The fourth-order valence-electron chi connectivity index (χ4n) is 4.10. The van der Waals surface area contributed by atoms with Gasteiger partial charge < -0.3 is 10.2 Å². The fraction of sp³-hybridized carbons (Fsp3) is 0.632. The lowest BCUT2D eigenvalue weighted by molar-refractivity contribution is 0.0926. The summed E-state index contributed by atoms with van der Waals surface area (Å²) in [6, 6.07) is 5.27. The number of amides is 1. The zero-order valence-electron chi connectivity index (χ0n) is 14.4. The van der Waals surface area contributed by atoms with Crippen LogP contribution in [0, 0.1) is 17.8 Å². The number of carbonyl (C=O) groups excluding carboxylic acids is 1. The summed E-state index contributed by atoms with van der Waals surface area (Å²) < 4.78 is 0. The van der Waals surface area contributed by atoms with Gasteiger partial charge in [0.05, 0.1) is 0 Å².